The Morgan fingerprint density at radius 3 is 2.62 bits per heavy atom. The van der Waals surface area contributed by atoms with Crippen LogP contribution >= 0.6 is 0 Å². The highest BCUT2D eigenvalue weighted by Crippen LogP contribution is 2.65. The number of carbonyl (C=O) groups is 1. The summed E-state index contributed by atoms with van der Waals surface area (Å²) in [6.45, 7) is 0.870. The second-order valence-electron chi connectivity index (χ2n) is 4.56. The van der Waals surface area contributed by atoms with E-state index in [0.717, 1.165) is 19.3 Å². The van der Waals surface area contributed by atoms with Crippen molar-refractivity contribution >= 4 is 5.91 Å². The molecule has 4 nitrogen and oxygen atoms in total. The Bertz CT molecular complexity index is 220. The average Bonchev–Trinajstić information content (AvgIpc) is 1.99. The lowest BCUT2D eigenvalue weighted by Gasteiger charge is -2.68. The minimum Gasteiger partial charge on any atom is -0.371 e. The summed E-state index contributed by atoms with van der Waals surface area (Å²) in [6.07, 6.45) is 3.23. The number of amides is 1. The van der Waals surface area contributed by atoms with Crippen LogP contribution in [-0.2, 0) is 9.53 Å². The summed E-state index contributed by atoms with van der Waals surface area (Å²) in [5.74, 6) is -0.0611. The summed E-state index contributed by atoms with van der Waals surface area (Å²) in [4.78, 5) is 10.8. The quantitative estimate of drug-likeness (QED) is 0.626. The molecule has 1 amide bonds. The van der Waals surface area contributed by atoms with Crippen LogP contribution in [0.15, 0.2) is 0 Å². The number of carbonyl (C=O) groups excluding carboxylic acids is 1. The minimum atomic E-state index is -0.0611. The molecule has 0 aliphatic heterocycles. The highest BCUT2D eigenvalue weighted by molar-refractivity contribution is 5.76. The lowest BCUT2D eigenvalue weighted by Crippen LogP contribution is -2.73. The molecule has 0 aromatic carbocycles. The predicted octanol–water partition coefficient (Wildman–Crippen LogP) is -0.370. The molecule has 0 spiro atoms. The first kappa shape index (κ1) is 8.97. The lowest BCUT2D eigenvalue weighted by atomic mass is 9.40. The number of nitrogens with one attached hydrogen (secondary N) is 1. The molecule has 0 unspecified atom stereocenters. The zero-order chi connectivity index (χ0) is 9.53. The van der Waals surface area contributed by atoms with E-state index < -0.39 is 0 Å². The van der Waals surface area contributed by atoms with Crippen molar-refractivity contribution in [3.05, 3.63) is 0 Å². The van der Waals surface area contributed by atoms with E-state index in [4.69, 9.17) is 10.5 Å². The van der Waals surface area contributed by atoms with Crippen molar-refractivity contribution < 1.29 is 9.53 Å². The fraction of sp³-hybridized carbons (Fsp3) is 0.889. The minimum absolute atomic E-state index is 0.0611. The van der Waals surface area contributed by atoms with Crippen molar-refractivity contribution in [1.82, 2.24) is 5.32 Å². The summed E-state index contributed by atoms with van der Waals surface area (Å²) in [5.41, 5.74) is 6.37. The highest BCUT2D eigenvalue weighted by Gasteiger charge is 2.65. The van der Waals surface area contributed by atoms with Crippen LogP contribution in [0.2, 0.25) is 0 Å². The summed E-state index contributed by atoms with van der Waals surface area (Å²) >= 11 is 0. The van der Waals surface area contributed by atoms with Crippen LogP contribution in [0.3, 0.4) is 0 Å². The first-order chi connectivity index (χ1) is 6.08. The molecule has 3 aliphatic rings. The van der Waals surface area contributed by atoms with Gasteiger partial charge in [0.05, 0.1) is 6.61 Å². The molecule has 3 aliphatic carbocycles. The standard InChI is InChI=1S/C9H16N2O2/c1-11-7(12)2-13-6-8-3-9(10,4-8)5-8/h2-6,10H2,1H3,(H,11,12). The van der Waals surface area contributed by atoms with Crippen LogP contribution in [0.5, 0.6) is 0 Å². The van der Waals surface area contributed by atoms with E-state index in [2.05, 4.69) is 5.32 Å². The van der Waals surface area contributed by atoms with E-state index in [1.165, 1.54) is 0 Å². The molecular weight excluding hydrogens is 168 g/mol. The van der Waals surface area contributed by atoms with Gasteiger partial charge in [0.2, 0.25) is 5.91 Å². The molecule has 2 bridgehead atoms. The molecule has 0 saturated heterocycles. The van der Waals surface area contributed by atoms with E-state index in [1.807, 2.05) is 0 Å². The number of ether oxygens (including phenoxy) is 1. The van der Waals surface area contributed by atoms with Crippen LogP contribution in [0.25, 0.3) is 0 Å². The van der Waals surface area contributed by atoms with Gasteiger partial charge >= 0.3 is 0 Å². The van der Waals surface area contributed by atoms with Gasteiger partial charge < -0.3 is 15.8 Å². The van der Waals surface area contributed by atoms with Crippen LogP contribution < -0.4 is 11.1 Å². The second kappa shape index (κ2) is 2.69. The van der Waals surface area contributed by atoms with Crippen molar-refractivity contribution in [2.75, 3.05) is 20.3 Å². The van der Waals surface area contributed by atoms with E-state index in [1.54, 1.807) is 7.05 Å². The maximum absolute atomic E-state index is 10.8. The van der Waals surface area contributed by atoms with Crippen molar-refractivity contribution in [2.24, 2.45) is 11.1 Å². The fourth-order valence-corrected chi connectivity index (χ4v) is 2.67. The van der Waals surface area contributed by atoms with Gasteiger partial charge in [0.1, 0.15) is 6.61 Å². The van der Waals surface area contributed by atoms with Gasteiger partial charge in [0.15, 0.2) is 0 Å². The maximum atomic E-state index is 10.8. The van der Waals surface area contributed by atoms with Crippen LogP contribution in [0, 0.1) is 5.41 Å². The normalized spacial score (nSPS) is 40.5. The van der Waals surface area contributed by atoms with Gasteiger partial charge in [-0.3, -0.25) is 4.79 Å². The van der Waals surface area contributed by atoms with Gasteiger partial charge in [-0.05, 0) is 24.7 Å². The smallest absolute Gasteiger partial charge is 0.245 e. The third-order valence-electron chi connectivity index (χ3n) is 3.10. The third-order valence-corrected chi connectivity index (χ3v) is 3.10. The zero-order valence-electron chi connectivity index (χ0n) is 7.93. The van der Waals surface area contributed by atoms with Gasteiger partial charge in [-0.15, -0.1) is 0 Å². The Morgan fingerprint density at radius 1 is 1.54 bits per heavy atom. The van der Waals surface area contributed by atoms with Gasteiger partial charge in [-0.2, -0.15) is 0 Å². The van der Waals surface area contributed by atoms with Crippen molar-refractivity contribution in [3.63, 3.8) is 0 Å². The van der Waals surface area contributed by atoms with Crippen LogP contribution in [-0.4, -0.2) is 31.7 Å². The number of rotatable bonds is 4. The highest BCUT2D eigenvalue weighted by atomic mass is 16.5. The monoisotopic (exact) mass is 184 g/mol. The largest absolute Gasteiger partial charge is 0.371 e. The molecule has 3 fully saturated rings. The molecule has 3 N–H and O–H groups in total. The summed E-state index contributed by atoms with van der Waals surface area (Å²) < 4.78 is 5.31. The Labute approximate surface area is 77.8 Å². The first-order valence-corrected chi connectivity index (χ1v) is 4.65. The van der Waals surface area contributed by atoms with Crippen LogP contribution in [0.4, 0.5) is 0 Å². The van der Waals surface area contributed by atoms with Crippen molar-refractivity contribution in [1.29, 1.82) is 0 Å². The molecule has 3 saturated carbocycles. The SMILES string of the molecule is CNC(=O)COCC12CC(N)(C1)C2. The Kier molecular flexibility index (Phi) is 1.85. The summed E-state index contributed by atoms with van der Waals surface area (Å²) in [5, 5.41) is 2.52. The lowest BCUT2D eigenvalue weighted by molar-refractivity contribution is -0.173. The van der Waals surface area contributed by atoms with Crippen molar-refractivity contribution in [2.45, 2.75) is 24.8 Å². The topological polar surface area (TPSA) is 64.3 Å². The molecule has 13 heavy (non-hydrogen) atoms. The number of likely N-dealkylation sites (N-methyl/N-ethyl adjacent to an activating group) is 1. The molecule has 74 valence electrons. The first-order valence-electron chi connectivity index (χ1n) is 4.65. The van der Waals surface area contributed by atoms with E-state index >= 15 is 0 Å². The second-order valence-corrected chi connectivity index (χ2v) is 4.56. The fourth-order valence-electron chi connectivity index (χ4n) is 2.67. The molecule has 0 heterocycles. The molecule has 4 heteroatoms. The molecule has 0 aromatic heterocycles. The van der Waals surface area contributed by atoms with Crippen molar-refractivity contribution in [3.8, 4) is 0 Å². The Balaban J connectivity index is 1.63. The number of nitrogens with two attached hydrogens (primary N) is 1. The van der Waals surface area contributed by atoms with E-state index in [-0.39, 0.29) is 18.1 Å². The van der Waals surface area contributed by atoms with E-state index in [0.29, 0.717) is 12.0 Å². The number of hydrogen-bond donors (Lipinski definition) is 2. The predicted molar refractivity (Wildman–Crippen MR) is 48.1 cm³/mol. The Hall–Kier alpha value is -0.610. The van der Waals surface area contributed by atoms with Gasteiger partial charge in [0.25, 0.3) is 0 Å². The summed E-state index contributed by atoms with van der Waals surface area (Å²) in [7, 11) is 1.61. The Morgan fingerprint density at radius 2 is 2.15 bits per heavy atom. The van der Waals surface area contributed by atoms with Gasteiger partial charge in [0, 0.05) is 12.6 Å². The van der Waals surface area contributed by atoms with Gasteiger partial charge in [-0.25, -0.2) is 0 Å². The number of hydrogen-bond acceptors (Lipinski definition) is 3. The molecule has 0 radical (unpaired) electrons. The maximum Gasteiger partial charge on any atom is 0.245 e. The molecule has 0 aromatic rings. The molecular formula is C9H16N2O2. The van der Waals surface area contributed by atoms with Gasteiger partial charge in [-0.1, -0.05) is 0 Å². The molecule has 3 rings (SSSR count). The van der Waals surface area contributed by atoms with Crippen LogP contribution in [0.1, 0.15) is 19.3 Å². The average molecular weight is 184 g/mol. The summed E-state index contributed by atoms with van der Waals surface area (Å²) in [6, 6.07) is 0. The third kappa shape index (κ3) is 1.44. The zero-order valence-corrected chi connectivity index (χ0v) is 7.93. The molecule has 0 atom stereocenters. The van der Waals surface area contributed by atoms with E-state index in [9.17, 15) is 4.79 Å².